The van der Waals surface area contributed by atoms with Crippen molar-refractivity contribution in [3.63, 3.8) is 0 Å². The minimum Gasteiger partial charge on any atom is -0.481 e. The number of unbranched alkanes of at least 4 members (excludes halogenated alkanes) is 1. The topological polar surface area (TPSA) is 66.4 Å². The molecule has 0 spiro atoms. The van der Waals surface area contributed by atoms with Gasteiger partial charge in [0.1, 0.15) is 0 Å². The van der Waals surface area contributed by atoms with Crippen LogP contribution in [-0.2, 0) is 9.59 Å². The third-order valence-electron chi connectivity index (χ3n) is 2.90. The average Bonchev–Trinajstić information content (AvgIpc) is 2.53. The van der Waals surface area contributed by atoms with Crippen molar-refractivity contribution >= 4 is 11.9 Å². The minimum absolute atomic E-state index is 0.0342. The summed E-state index contributed by atoms with van der Waals surface area (Å²) < 4.78 is 0. The van der Waals surface area contributed by atoms with Gasteiger partial charge >= 0.3 is 5.97 Å². The summed E-state index contributed by atoms with van der Waals surface area (Å²) in [6.45, 7) is 0. The van der Waals surface area contributed by atoms with Gasteiger partial charge in [-0.3, -0.25) is 9.59 Å². The van der Waals surface area contributed by atoms with Gasteiger partial charge in [-0.15, -0.1) is 0 Å². The van der Waals surface area contributed by atoms with E-state index in [9.17, 15) is 9.59 Å². The van der Waals surface area contributed by atoms with E-state index in [1.165, 1.54) is 6.42 Å². The Morgan fingerprint density at radius 3 is 2.76 bits per heavy atom. The van der Waals surface area contributed by atoms with E-state index in [0.717, 1.165) is 19.3 Å². The fraction of sp³-hybridized carbons (Fsp3) is 0.692. The second kappa shape index (κ2) is 7.87. The highest BCUT2D eigenvalue weighted by molar-refractivity contribution is 5.76. The number of rotatable bonds is 6. The molecule has 1 aliphatic carbocycles. The molecule has 1 amide bonds. The first-order chi connectivity index (χ1) is 8.18. The normalized spacial score (nSPS) is 19.6. The van der Waals surface area contributed by atoms with E-state index in [4.69, 9.17) is 5.11 Å². The number of allylic oxidation sites excluding steroid dienone is 1. The van der Waals surface area contributed by atoms with Crippen molar-refractivity contribution in [1.29, 1.82) is 0 Å². The standard InChI is InChI=1S/C13H21NO3/c15-12(9-5-6-10-13(16)17)14-11-7-3-1-2-4-8-11/h3,7,11H,1-2,4-6,8-10H2,(H,14,15)(H,16,17). The molecule has 96 valence electrons. The predicted molar refractivity (Wildman–Crippen MR) is 65.6 cm³/mol. The summed E-state index contributed by atoms with van der Waals surface area (Å²) in [5.74, 6) is -0.760. The van der Waals surface area contributed by atoms with Crippen molar-refractivity contribution in [1.82, 2.24) is 5.32 Å². The van der Waals surface area contributed by atoms with Crippen LogP contribution >= 0.6 is 0 Å². The second-order valence-corrected chi connectivity index (χ2v) is 4.49. The Kier molecular flexibility index (Phi) is 6.37. The highest BCUT2D eigenvalue weighted by Crippen LogP contribution is 2.11. The van der Waals surface area contributed by atoms with E-state index in [1.54, 1.807) is 0 Å². The fourth-order valence-electron chi connectivity index (χ4n) is 1.94. The van der Waals surface area contributed by atoms with Gasteiger partial charge in [-0.2, -0.15) is 0 Å². The second-order valence-electron chi connectivity index (χ2n) is 4.49. The van der Waals surface area contributed by atoms with Gasteiger partial charge in [0.2, 0.25) is 5.91 Å². The third kappa shape index (κ3) is 6.76. The van der Waals surface area contributed by atoms with E-state index in [0.29, 0.717) is 19.3 Å². The lowest BCUT2D eigenvalue weighted by atomic mass is 10.1. The summed E-state index contributed by atoms with van der Waals surface area (Å²) in [6.07, 6.45) is 10.5. The van der Waals surface area contributed by atoms with Crippen LogP contribution in [0.5, 0.6) is 0 Å². The number of carboxylic acid groups (broad SMARTS) is 1. The Labute approximate surface area is 102 Å². The average molecular weight is 239 g/mol. The van der Waals surface area contributed by atoms with Crippen molar-refractivity contribution in [3.05, 3.63) is 12.2 Å². The lowest BCUT2D eigenvalue weighted by molar-refractivity contribution is -0.137. The SMILES string of the molecule is O=C(O)CCCCC(=O)NC1C=CCCCC1. The van der Waals surface area contributed by atoms with Crippen LogP contribution in [0, 0.1) is 0 Å². The van der Waals surface area contributed by atoms with Crippen LogP contribution < -0.4 is 5.32 Å². The highest BCUT2D eigenvalue weighted by atomic mass is 16.4. The van der Waals surface area contributed by atoms with Gasteiger partial charge in [-0.05, 0) is 32.1 Å². The summed E-state index contributed by atoms with van der Waals surface area (Å²) in [6, 6.07) is 0.171. The molecule has 1 unspecified atom stereocenters. The van der Waals surface area contributed by atoms with E-state index < -0.39 is 5.97 Å². The zero-order valence-corrected chi connectivity index (χ0v) is 10.2. The Hall–Kier alpha value is -1.32. The van der Waals surface area contributed by atoms with E-state index >= 15 is 0 Å². The zero-order valence-electron chi connectivity index (χ0n) is 10.2. The Bertz CT molecular complexity index is 286. The summed E-state index contributed by atoms with van der Waals surface area (Å²) in [7, 11) is 0. The molecule has 0 aromatic heterocycles. The van der Waals surface area contributed by atoms with E-state index in [2.05, 4.69) is 17.5 Å². The number of hydrogen-bond acceptors (Lipinski definition) is 2. The molecule has 1 aliphatic rings. The molecule has 1 atom stereocenters. The first-order valence-corrected chi connectivity index (χ1v) is 6.36. The smallest absolute Gasteiger partial charge is 0.303 e. The van der Waals surface area contributed by atoms with Crippen molar-refractivity contribution in [3.8, 4) is 0 Å². The monoisotopic (exact) mass is 239 g/mol. The Morgan fingerprint density at radius 2 is 2.00 bits per heavy atom. The lowest BCUT2D eigenvalue weighted by Crippen LogP contribution is -2.32. The van der Waals surface area contributed by atoms with Crippen LogP contribution in [-0.4, -0.2) is 23.0 Å². The number of amides is 1. The van der Waals surface area contributed by atoms with Crippen LogP contribution in [0.4, 0.5) is 0 Å². The zero-order chi connectivity index (χ0) is 12.5. The maximum atomic E-state index is 11.6. The van der Waals surface area contributed by atoms with E-state index in [1.807, 2.05) is 0 Å². The van der Waals surface area contributed by atoms with Gasteiger partial charge in [-0.1, -0.05) is 18.6 Å². The number of carboxylic acids is 1. The first kappa shape index (κ1) is 13.7. The molecule has 0 aromatic carbocycles. The number of carbonyl (C=O) groups excluding carboxylic acids is 1. The van der Waals surface area contributed by atoms with Gasteiger partial charge in [-0.25, -0.2) is 0 Å². The van der Waals surface area contributed by atoms with Crippen LogP contribution in [0.1, 0.15) is 51.4 Å². The van der Waals surface area contributed by atoms with Crippen LogP contribution in [0.2, 0.25) is 0 Å². The number of aliphatic carboxylic acids is 1. The summed E-state index contributed by atoms with van der Waals surface area (Å²) in [5, 5.41) is 11.4. The van der Waals surface area contributed by atoms with Crippen LogP contribution in [0.3, 0.4) is 0 Å². The van der Waals surface area contributed by atoms with Gasteiger partial charge in [0, 0.05) is 18.9 Å². The van der Waals surface area contributed by atoms with Gasteiger partial charge < -0.3 is 10.4 Å². The molecule has 0 aromatic rings. The number of carbonyl (C=O) groups is 2. The molecular formula is C13H21NO3. The van der Waals surface area contributed by atoms with Crippen molar-refractivity contribution in [2.45, 2.75) is 57.4 Å². The highest BCUT2D eigenvalue weighted by Gasteiger charge is 2.10. The van der Waals surface area contributed by atoms with Crippen molar-refractivity contribution in [2.75, 3.05) is 0 Å². The number of hydrogen-bond donors (Lipinski definition) is 2. The fourth-order valence-corrected chi connectivity index (χ4v) is 1.94. The summed E-state index contributed by atoms with van der Waals surface area (Å²) in [4.78, 5) is 21.9. The molecule has 0 radical (unpaired) electrons. The van der Waals surface area contributed by atoms with Crippen molar-refractivity contribution < 1.29 is 14.7 Å². The summed E-state index contributed by atoms with van der Waals surface area (Å²) >= 11 is 0. The molecule has 2 N–H and O–H groups in total. The van der Waals surface area contributed by atoms with Gasteiger partial charge in [0.05, 0.1) is 0 Å². The maximum Gasteiger partial charge on any atom is 0.303 e. The molecule has 0 fully saturated rings. The van der Waals surface area contributed by atoms with Gasteiger partial charge in [0.15, 0.2) is 0 Å². The Balaban J connectivity index is 2.13. The summed E-state index contributed by atoms with van der Waals surface area (Å²) in [5.41, 5.74) is 0. The molecule has 0 heterocycles. The predicted octanol–water partition coefficient (Wildman–Crippen LogP) is 2.25. The first-order valence-electron chi connectivity index (χ1n) is 6.36. The van der Waals surface area contributed by atoms with Crippen LogP contribution in [0.15, 0.2) is 12.2 Å². The molecule has 17 heavy (non-hydrogen) atoms. The molecule has 1 rings (SSSR count). The quantitative estimate of drug-likeness (QED) is 0.552. The van der Waals surface area contributed by atoms with Crippen LogP contribution in [0.25, 0.3) is 0 Å². The molecular weight excluding hydrogens is 218 g/mol. The third-order valence-corrected chi connectivity index (χ3v) is 2.90. The molecule has 0 saturated heterocycles. The minimum atomic E-state index is -0.794. The maximum absolute atomic E-state index is 11.6. The number of nitrogens with one attached hydrogen (secondary N) is 1. The molecule has 4 heteroatoms. The Morgan fingerprint density at radius 1 is 1.24 bits per heavy atom. The molecule has 0 aliphatic heterocycles. The largest absolute Gasteiger partial charge is 0.481 e. The molecule has 4 nitrogen and oxygen atoms in total. The molecule has 0 saturated carbocycles. The van der Waals surface area contributed by atoms with Gasteiger partial charge in [0.25, 0.3) is 0 Å². The van der Waals surface area contributed by atoms with Crippen molar-refractivity contribution in [2.24, 2.45) is 0 Å². The molecule has 0 bridgehead atoms. The lowest BCUT2D eigenvalue weighted by Gasteiger charge is -2.13. The van der Waals surface area contributed by atoms with E-state index in [-0.39, 0.29) is 18.4 Å².